The Morgan fingerprint density at radius 3 is 2.87 bits per heavy atom. The van der Waals surface area contributed by atoms with E-state index >= 15 is 0 Å². The molecule has 0 aliphatic heterocycles. The van der Waals surface area contributed by atoms with Crippen LogP contribution < -0.4 is 0 Å². The molecule has 0 amide bonds. The van der Waals surface area contributed by atoms with Gasteiger partial charge in [0, 0.05) is 12.7 Å². The predicted octanol–water partition coefficient (Wildman–Crippen LogP) is 2.05. The Hall–Kier alpha value is -1.90. The van der Waals surface area contributed by atoms with Crippen LogP contribution in [-0.4, -0.2) is 15.8 Å². The summed E-state index contributed by atoms with van der Waals surface area (Å²) in [6.07, 6.45) is 4.18. The fourth-order valence-electron chi connectivity index (χ4n) is 1.51. The summed E-state index contributed by atoms with van der Waals surface area (Å²) in [6.45, 7) is 2.83. The van der Waals surface area contributed by atoms with E-state index in [1.165, 1.54) is 11.1 Å². The fraction of sp³-hybridized carbons (Fsp3) is 0.167. The molecule has 1 aromatic carbocycles. The van der Waals surface area contributed by atoms with Crippen molar-refractivity contribution in [3.63, 3.8) is 0 Å². The van der Waals surface area contributed by atoms with E-state index in [1.807, 2.05) is 16.7 Å². The average Bonchev–Trinajstić information content (AvgIpc) is 2.69. The molecular weight excluding hydrogens is 188 g/mol. The van der Waals surface area contributed by atoms with Crippen LogP contribution in [0.4, 0.5) is 0 Å². The van der Waals surface area contributed by atoms with Gasteiger partial charge in [-0.3, -0.25) is 4.79 Å². The minimum Gasteiger partial charge on any atom is -0.332 e. The third-order valence-electron chi connectivity index (χ3n) is 2.39. The van der Waals surface area contributed by atoms with E-state index in [0.29, 0.717) is 5.69 Å². The van der Waals surface area contributed by atoms with E-state index in [2.05, 4.69) is 24.0 Å². The summed E-state index contributed by atoms with van der Waals surface area (Å²) in [5, 5.41) is 0. The van der Waals surface area contributed by atoms with Crippen molar-refractivity contribution in [2.75, 3.05) is 0 Å². The Bertz CT molecular complexity index is 474. The lowest BCUT2D eigenvalue weighted by molar-refractivity contribution is 0.111. The fourth-order valence-corrected chi connectivity index (χ4v) is 1.51. The van der Waals surface area contributed by atoms with Crippen LogP contribution in [0.15, 0.2) is 36.8 Å². The van der Waals surface area contributed by atoms with Crippen molar-refractivity contribution >= 4 is 6.29 Å². The van der Waals surface area contributed by atoms with Crippen molar-refractivity contribution in [1.29, 1.82) is 0 Å². The van der Waals surface area contributed by atoms with Gasteiger partial charge >= 0.3 is 0 Å². The van der Waals surface area contributed by atoms with Gasteiger partial charge in [-0.1, -0.05) is 24.3 Å². The molecule has 0 spiro atoms. The van der Waals surface area contributed by atoms with Crippen molar-refractivity contribution in [2.24, 2.45) is 0 Å². The van der Waals surface area contributed by atoms with Gasteiger partial charge in [0.1, 0.15) is 5.69 Å². The first-order valence-electron chi connectivity index (χ1n) is 4.81. The van der Waals surface area contributed by atoms with E-state index in [1.54, 1.807) is 12.5 Å². The van der Waals surface area contributed by atoms with Crippen LogP contribution in [0.2, 0.25) is 0 Å². The largest absolute Gasteiger partial charge is 0.332 e. The molecular formula is C12H12N2O. The zero-order valence-corrected chi connectivity index (χ0v) is 8.55. The molecule has 1 heterocycles. The zero-order valence-electron chi connectivity index (χ0n) is 8.55. The van der Waals surface area contributed by atoms with Crippen molar-refractivity contribution in [3.8, 4) is 0 Å². The molecule has 0 bridgehead atoms. The number of aromatic nitrogens is 2. The molecule has 2 rings (SSSR count). The van der Waals surface area contributed by atoms with Crippen molar-refractivity contribution in [2.45, 2.75) is 13.5 Å². The Labute approximate surface area is 88.4 Å². The molecule has 3 nitrogen and oxygen atoms in total. The third kappa shape index (κ3) is 2.13. The highest BCUT2D eigenvalue weighted by Gasteiger charge is 2.00. The first-order valence-corrected chi connectivity index (χ1v) is 4.81. The van der Waals surface area contributed by atoms with Crippen LogP contribution in [0.1, 0.15) is 21.6 Å². The van der Waals surface area contributed by atoms with Gasteiger partial charge < -0.3 is 4.57 Å². The maximum absolute atomic E-state index is 10.5. The molecule has 0 unspecified atom stereocenters. The number of carbonyl (C=O) groups excluding carboxylic acids is 1. The van der Waals surface area contributed by atoms with Crippen LogP contribution in [-0.2, 0) is 6.54 Å². The summed E-state index contributed by atoms with van der Waals surface area (Å²) in [6, 6.07) is 8.19. The van der Waals surface area contributed by atoms with Crippen molar-refractivity contribution in [1.82, 2.24) is 9.55 Å². The van der Waals surface area contributed by atoms with Gasteiger partial charge in [0.2, 0.25) is 0 Å². The molecule has 0 N–H and O–H groups in total. The maximum Gasteiger partial charge on any atom is 0.169 e. The minimum absolute atomic E-state index is 0.476. The highest BCUT2D eigenvalue weighted by molar-refractivity contribution is 5.70. The molecule has 76 valence electrons. The maximum atomic E-state index is 10.5. The molecule has 0 aliphatic carbocycles. The SMILES string of the molecule is Cc1ccccc1Cn1cnc(C=O)c1. The number of hydrogen-bond donors (Lipinski definition) is 0. The minimum atomic E-state index is 0.476. The van der Waals surface area contributed by atoms with Crippen LogP contribution in [0.25, 0.3) is 0 Å². The van der Waals surface area contributed by atoms with E-state index in [0.717, 1.165) is 12.8 Å². The van der Waals surface area contributed by atoms with Gasteiger partial charge in [-0.25, -0.2) is 4.98 Å². The van der Waals surface area contributed by atoms with Gasteiger partial charge in [0.15, 0.2) is 6.29 Å². The lowest BCUT2D eigenvalue weighted by Gasteiger charge is -2.05. The molecule has 0 saturated heterocycles. The quantitative estimate of drug-likeness (QED) is 0.711. The van der Waals surface area contributed by atoms with Crippen LogP contribution in [0.3, 0.4) is 0 Å². The number of aryl methyl sites for hydroxylation is 1. The van der Waals surface area contributed by atoms with Crippen LogP contribution >= 0.6 is 0 Å². The summed E-state index contributed by atoms with van der Waals surface area (Å²) in [7, 11) is 0. The van der Waals surface area contributed by atoms with Gasteiger partial charge in [-0.15, -0.1) is 0 Å². The highest BCUT2D eigenvalue weighted by atomic mass is 16.1. The van der Waals surface area contributed by atoms with Gasteiger partial charge in [0.25, 0.3) is 0 Å². The Kier molecular flexibility index (Phi) is 2.63. The van der Waals surface area contributed by atoms with E-state index < -0.39 is 0 Å². The van der Waals surface area contributed by atoms with E-state index in [-0.39, 0.29) is 0 Å². The van der Waals surface area contributed by atoms with Gasteiger partial charge in [-0.2, -0.15) is 0 Å². The Balaban J connectivity index is 2.22. The molecule has 1 aromatic heterocycles. The number of imidazole rings is 1. The topological polar surface area (TPSA) is 34.9 Å². The highest BCUT2D eigenvalue weighted by Crippen LogP contribution is 2.09. The lowest BCUT2D eigenvalue weighted by atomic mass is 10.1. The summed E-state index contributed by atoms with van der Waals surface area (Å²) >= 11 is 0. The number of hydrogen-bond acceptors (Lipinski definition) is 2. The lowest BCUT2D eigenvalue weighted by Crippen LogP contribution is -1.98. The molecule has 0 fully saturated rings. The first-order chi connectivity index (χ1) is 7.29. The molecule has 0 aliphatic rings. The Morgan fingerprint density at radius 2 is 2.20 bits per heavy atom. The second-order valence-electron chi connectivity index (χ2n) is 3.52. The second kappa shape index (κ2) is 4.09. The van der Waals surface area contributed by atoms with Crippen LogP contribution in [0, 0.1) is 6.92 Å². The number of benzene rings is 1. The molecule has 0 atom stereocenters. The molecule has 2 aromatic rings. The van der Waals surface area contributed by atoms with E-state index in [9.17, 15) is 4.79 Å². The summed E-state index contributed by atoms with van der Waals surface area (Å²) in [5.41, 5.74) is 2.97. The van der Waals surface area contributed by atoms with Crippen LogP contribution in [0.5, 0.6) is 0 Å². The van der Waals surface area contributed by atoms with Gasteiger partial charge in [0.05, 0.1) is 6.33 Å². The summed E-state index contributed by atoms with van der Waals surface area (Å²) in [5.74, 6) is 0. The van der Waals surface area contributed by atoms with Gasteiger partial charge in [-0.05, 0) is 18.1 Å². The first kappa shape index (κ1) is 9.65. The van der Waals surface area contributed by atoms with Crippen molar-refractivity contribution < 1.29 is 4.79 Å². The number of rotatable bonds is 3. The molecule has 0 saturated carbocycles. The van der Waals surface area contributed by atoms with E-state index in [4.69, 9.17) is 0 Å². The molecule has 3 heteroatoms. The third-order valence-corrected chi connectivity index (χ3v) is 2.39. The molecule has 0 radical (unpaired) electrons. The normalized spacial score (nSPS) is 10.2. The number of aldehydes is 1. The summed E-state index contributed by atoms with van der Waals surface area (Å²) < 4.78 is 1.91. The second-order valence-corrected chi connectivity index (χ2v) is 3.52. The average molecular weight is 200 g/mol. The smallest absolute Gasteiger partial charge is 0.169 e. The number of nitrogens with zero attached hydrogens (tertiary/aromatic N) is 2. The standard InChI is InChI=1S/C12H12N2O/c1-10-4-2-3-5-11(10)6-14-7-12(8-15)13-9-14/h2-5,7-9H,6H2,1H3. The molecule has 15 heavy (non-hydrogen) atoms. The number of carbonyl (C=O) groups is 1. The monoisotopic (exact) mass is 200 g/mol. The van der Waals surface area contributed by atoms with Crippen molar-refractivity contribution in [3.05, 3.63) is 53.6 Å². The zero-order chi connectivity index (χ0) is 10.7. The predicted molar refractivity (Wildman–Crippen MR) is 57.9 cm³/mol. The summed E-state index contributed by atoms with van der Waals surface area (Å²) in [4.78, 5) is 14.4. The Morgan fingerprint density at radius 1 is 1.40 bits per heavy atom.